The third-order valence-corrected chi connectivity index (χ3v) is 3.09. The van der Waals surface area contributed by atoms with Gasteiger partial charge in [0.05, 0.1) is 11.9 Å². The van der Waals surface area contributed by atoms with Crippen LogP contribution in [0.3, 0.4) is 0 Å². The van der Waals surface area contributed by atoms with E-state index in [0.29, 0.717) is 0 Å². The van der Waals surface area contributed by atoms with E-state index in [1.807, 2.05) is 0 Å². The quantitative estimate of drug-likeness (QED) is 0.725. The highest BCUT2D eigenvalue weighted by molar-refractivity contribution is 7.99. The zero-order valence-corrected chi connectivity index (χ0v) is 10.5. The Balaban J connectivity index is 2.40. The summed E-state index contributed by atoms with van der Waals surface area (Å²) in [5.41, 5.74) is 9.38. The summed E-state index contributed by atoms with van der Waals surface area (Å²) in [4.78, 5) is 20.6. The Morgan fingerprint density at radius 3 is 2.55 bits per heavy atom. The molecule has 0 saturated carbocycles. The lowest BCUT2D eigenvalue weighted by atomic mass is 10.3. The minimum absolute atomic E-state index is 0.0353. The van der Waals surface area contributed by atoms with Gasteiger partial charge in [-0.15, -0.1) is 0 Å². The summed E-state index contributed by atoms with van der Waals surface area (Å²) >= 11 is 0.761. The van der Waals surface area contributed by atoms with E-state index < -0.39 is 17.4 Å². The number of aromatic nitrogens is 3. The van der Waals surface area contributed by atoms with Crippen LogP contribution in [0.25, 0.3) is 0 Å². The van der Waals surface area contributed by atoms with Crippen molar-refractivity contribution in [3.8, 4) is 0 Å². The van der Waals surface area contributed by atoms with E-state index in [1.165, 1.54) is 0 Å². The average molecular weight is 303 g/mol. The van der Waals surface area contributed by atoms with E-state index in [2.05, 4.69) is 15.0 Å². The number of anilines is 2. The third kappa shape index (κ3) is 3.20. The summed E-state index contributed by atoms with van der Waals surface area (Å²) < 4.78 is 37.7. The molecule has 106 valence electrons. The normalized spacial score (nSPS) is 11.6. The predicted octanol–water partition coefficient (Wildman–Crippen LogP) is 1.50. The lowest BCUT2D eigenvalue weighted by Crippen LogP contribution is -2.10. The van der Waals surface area contributed by atoms with Gasteiger partial charge >= 0.3 is 6.18 Å². The highest BCUT2D eigenvalue weighted by atomic mass is 32.2. The predicted molar refractivity (Wildman–Crippen MR) is 67.0 cm³/mol. The van der Waals surface area contributed by atoms with Crippen LogP contribution in [0.2, 0.25) is 0 Å². The largest absolute Gasteiger partial charge is 0.433 e. The molecule has 0 bridgehead atoms. The van der Waals surface area contributed by atoms with Gasteiger partial charge in [0.15, 0.2) is 5.16 Å². The van der Waals surface area contributed by atoms with Crippen LogP contribution in [0, 0.1) is 0 Å². The van der Waals surface area contributed by atoms with Gasteiger partial charge in [-0.3, -0.25) is 4.79 Å². The number of nitrogens with one attached hydrogen (secondary N) is 1. The molecule has 0 atom stereocenters. The third-order valence-electron chi connectivity index (χ3n) is 2.13. The Morgan fingerprint density at radius 1 is 1.25 bits per heavy atom. The van der Waals surface area contributed by atoms with E-state index >= 15 is 0 Å². The van der Waals surface area contributed by atoms with Gasteiger partial charge in [0.1, 0.15) is 11.5 Å². The number of H-pyrrole nitrogens is 1. The lowest BCUT2D eigenvalue weighted by Gasteiger charge is -2.09. The fourth-order valence-corrected chi connectivity index (χ4v) is 2.15. The molecule has 0 aliphatic carbocycles. The Bertz CT molecular complexity index is 700. The molecular weight excluding hydrogens is 295 g/mol. The highest BCUT2D eigenvalue weighted by Gasteiger charge is 2.33. The van der Waals surface area contributed by atoms with E-state index in [9.17, 15) is 18.0 Å². The zero-order valence-electron chi connectivity index (χ0n) is 9.73. The number of nitrogens with two attached hydrogens (primary N) is 2. The van der Waals surface area contributed by atoms with Crippen LogP contribution in [0.15, 0.2) is 33.2 Å². The average Bonchev–Trinajstić information content (AvgIpc) is 2.29. The van der Waals surface area contributed by atoms with Crippen molar-refractivity contribution in [3.63, 3.8) is 0 Å². The molecular formula is C10H8F3N5OS. The van der Waals surface area contributed by atoms with Crippen molar-refractivity contribution in [3.05, 3.63) is 34.4 Å². The van der Waals surface area contributed by atoms with Gasteiger partial charge < -0.3 is 16.5 Å². The molecule has 2 rings (SSSR count). The standard InChI is InChI=1S/C10H8F3N5OS/c11-10(12,13)6-1-5(4(14)3-16-6)20-9-17-7(15)2-8(19)18-9/h1-3H,14H2,(H3,15,17,18,19). The van der Waals surface area contributed by atoms with E-state index in [0.717, 1.165) is 30.1 Å². The summed E-state index contributed by atoms with van der Waals surface area (Å²) in [6, 6.07) is 1.84. The maximum Gasteiger partial charge on any atom is 0.433 e. The Kier molecular flexibility index (Phi) is 3.57. The summed E-state index contributed by atoms with van der Waals surface area (Å²) in [5.74, 6) is -0.0417. The fourth-order valence-electron chi connectivity index (χ4n) is 1.30. The monoisotopic (exact) mass is 303 g/mol. The molecule has 0 radical (unpaired) electrons. The van der Waals surface area contributed by atoms with Crippen molar-refractivity contribution < 1.29 is 13.2 Å². The maximum atomic E-state index is 12.6. The van der Waals surface area contributed by atoms with E-state index in [1.54, 1.807) is 0 Å². The number of aromatic amines is 1. The van der Waals surface area contributed by atoms with Gasteiger partial charge in [0.25, 0.3) is 5.56 Å². The van der Waals surface area contributed by atoms with Gasteiger partial charge in [-0.05, 0) is 17.8 Å². The molecule has 20 heavy (non-hydrogen) atoms. The van der Waals surface area contributed by atoms with Crippen LogP contribution in [0.1, 0.15) is 5.69 Å². The summed E-state index contributed by atoms with van der Waals surface area (Å²) in [5, 5.41) is 0.0426. The molecule has 0 aliphatic heterocycles. The van der Waals surface area contributed by atoms with Crippen molar-refractivity contribution in [2.75, 3.05) is 11.5 Å². The van der Waals surface area contributed by atoms with Gasteiger partial charge in [-0.2, -0.15) is 13.2 Å². The number of hydrogen-bond donors (Lipinski definition) is 3. The van der Waals surface area contributed by atoms with Crippen molar-refractivity contribution in [2.45, 2.75) is 16.2 Å². The fraction of sp³-hybridized carbons (Fsp3) is 0.100. The molecule has 0 aromatic carbocycles. The molecule has 2 heterocycles. The first kappa shape index (κ1) is 14.2. The molecule has 10 heteroatoms. The van der Waals surface area contributed by atoms with Crippen LogP contribution in [0.5, 0.6) is 0 Å². The molecule has 6 nitrogen and oxygen atoms in total. The SMILES string of the molecule is Nc1cc(=O)[nH]c(Sc2cc(C(F)(F)F)ncc2N)n1. The van der Waals surface area contributed by atoms with Crippen molar-refractivity contribution in [1.82, 2.24) is 15.0 Å². The van der Waals surface area contributed by atoms with Crippen molar-refractivity contribution in [1.29, 1.82) is 0 Å². The Morgan fingerprint density at radius 2 is 1.95 bits per heavy atom. The first-order valence-corrected chi connectivity index (χ1v) is 5.95. The number of nitrogen functional groups attached to an aromatic ring is 2. The van der Waals surface area contributed by atoms with E-state index in [-0.39, 0.29) is 21.6 Å². The van der Waals surface area contributed by atoms with Crippen LogP contribution in [0.4, 0.5) is 24.7 Å². The van der Waals surface area contributed by atoms with Crippen molar-refractivity contribution in [2.24, 2.45) is 0 Å². The van der Waals surface area contributed by atoms with Crippen LogP contribution >= 0.6 is 11.8 Å². The van der Waals surface area contributed by atoms with Gasteiger partial charge in [-0.25, -0.2) is 9.97 Å². The second-order valence-electron chi connectivity index (χ2n) is 3.68. The topological polar surface area (TPSA) is 111 Å². The molecule has 2 aromatic heterocycles. The van der Waals surface area contributed by atoms with E-state index in [4.69, 9.17) is 11.5 Å². The molecule has 0 unspecified atom stereocenters. The molecule has 0 saturated heterocycles. The highest BCUT2D eigenvalue weighted by Crippen LogP contribution is 2.34. The number of hydrogen-bond acceptors (Lipinski definition) is 6. The minimum atomic E-state index is -4.58. The summed E-state index contributed by atoms with van der Waals surface area (Å²) in [7, 11) is 0. The minimum Gasteiger partial charge on any atom is -0.397 e. The molecule has 0 aliphatic rings. The summed E-state index contributed by atoms with van der Waals surface area (Å²) in [6.07, 6.45) is -3.69. The molecule has 0 amide bonds. The number of nitrogens with zero attached hydrogens (tertiary/aromatic N) is 2. The maximum absolute atomic E-state index is 12.6. The second-order valence-corrected chi connectivity index (χ2v) is 4.71. The van der Waals surface area contributed by atoms with Gasteiger partial charge in [0.2, 0.25) is 0 Å². The number of rotatable bonds is 2. The van der Waals surface area contributed by atoms with Crippen LogP contribution in [-0.4, -0.2) is 15.0 Å². The number of halogens is 3. The molecule has 5 N–H and O–H groups in total. The molecule has 2 aromatic rings. The van der Waals surface area contributed by atoms with Crippen LogP contribution < -0.4 is 17.0 Å². The number of alkyl halides is 3. The molecule has 0 spiro atoms. The lowest BCUT2D eigenvalue weighted by molar-refractivity contribution is -0.141. The zero-order chi connectivity index (χ0) is 14.9. The number of pyridine rings is 1. The molecule has 0 fully saturated rings. The van der Waals surface area contributed by atoms with Gasteiger partial charge in [-0.1, -0.05) is 0 Å². The first-order chi connectivity index (χ1) is 9.25. The Hall–Kier alpha value is -2.23. The smallest absolute Gasteiger partial charge is 0.397 e. The van der Waals surface area contributed by atoms with Crippen LogP contribution in [-0.2, 0) is 6.18 Å². The first-order valence-electron chi connectivity index (χ1n) is 5.13. The van der Waals surface area contributed by atoms with Crippen molar-refractivity contribution >= 4 is 23.3 Å². The van der Waals surface area contributed by atoms with Gasteiger partial charge in [0, 0.05) is 11.0 Å². The second kappa shape index (κ2) is 5.04. The Labute approximate surface area is 114 Å². The summed E-state index contributed by atoms with van der Waals surface area (Å²) in [6.45, 7) is 0.